The molecule has 0 amide bonds. The number of aromatic nitrogens is 5. The lowest BCUT2D eigenvalue weighted by Crippen LogP contribution is -2.43. The maximum Gasteiger partial charge on any atom is 0.292 e. The Labute approximate surface area is 201 Å². The first-order valence-corrected chi connectivity index (χ1v) is 11.8. The van der Waals surface area contributed by atoms with Crippen LogP contribution in [0.5, 0.6) is 0 Å². The van der Waals surface area contributed by atoms with Crippen LogP contribution in [0.3, 0.4) is 0 Å². The van der Waals surface area contributed by atoms with Gasteiger partial charge in [0.2, 0.25) is 5.95 Å². The molecule has 0 aromatic carbocycles. The monoisotopic (exact) mass is 488 g/mol. The number of nitrogens with one attached hydrogen (secondary N) is 1. The van der Waals surface area contributed by atoms with Crippen LogP contribution >= 0.6 is 0 Å². The molecule has 0 bridgehead atoms. The number of aliphatic hydroxyl groups is 2. The van der Waals surface area contributed by atoms with E-state index in [2.05, 4.69) is 25.4 Å². The van der Waals surface area contributed by atoms with E-state index in [0.29, 0.717) is 54.7 Å². The molecule has 0 radical (unpaired) electrons. The maximum atomic E-state index is 14.0. The van der Waals surface area contributed by atoms with Gasteiger partial charge in [-0.25, -0.2) is 18.7 Å². The number of aliphatic hydroxyl groups excluding tert-OH is 1. The number of nitrogens with zero attached hydrogens (tertiary/aromatic N) is 7. The van der Waals surface area contributed by atoms with Crippen molar-refractivity contribution >= 4 is 34.3 Å². The van der Waals surface area contributed by atoms with E-state index >= 15 is 0 Å². The normalized spacial score (nSPS) is 21.8. The molecule has 35 heavy (non-hydrogen) atoms. The molecule has 2 fully saturated rings. The highest BCUT2D eigenvalue weighted by Gasteiger charge is 2.48. The van der Waals surface area contributed by atoms with Gasteiger partial charge in [0.05, 0.1) is 29.6 Å². The summed E-state index contributed by atoms with van der Waals surface area (Å²) in [5.74, 6) is -1.12. The van der Waals surface area contributed by atoms with Crippen molar-refractivity contribution in [2.45, 2.75) is 57.3 Å². The molecule has 3 N–H and O–H groups in total. The van der Waals surface area contributed by atoms with Gasteiger partial charge in [-0.3, -0.25) is 4.68 Å². The van der Waals surface area contributed by atoms with Crippen LogP contribution in [0.1, 0.15) is 39.7 Å². The van der Waals surface area contributed by atoms with Crippen molar-refractivity contribution in [3.8, 4) is 0 Å². The van der Waals surface area contributed by atoms with E-state index in [1.165, 1.54) is 4.90 Å². The van der Waals surface area contributed by atoms with Gasteiger partial charge in [0.15, 0.2) is 5.82 Å². The zero-order chi connectivity index (χ0) is 25.0. The second-order valence-corrected chi connectivity index (χ2v) is 9.96. The van der Waals surface area contributed by atoms with E-state index in [4.69, 9.17) is 0 Å². The van der Waals surface area contributed by atoms with Crippen molar-refractivity contribution in [1.82, 2.24) is 24.7 Å². The smallest absolute Gasteiger partial charge is 0.292 e. The Hall–Kier alpha value is -3.12. The second-order valence-electron chi connectivity index (χ2n) is 9.96. The van der Waals surface area contributed by atoms with Gasteiger partial charge in [0.25, 0.3) is 5.92 Å². The number of alkyl halides is 2. The van der Waals surface area contributed by atoms with Crippen molar-refractivity contribution in [1.29, 1.82) is 0 Å². The van der Waals surface area contributed by atoms with Gasteiger partial charge >= 0.3 is 0 Å². The Morgan fingerprint density at radius 1 is 1.14 bits per heavy atom. The van der Waals surface area contributed by atoms with Crippen LogP contribution in [0.25, 0.3) is 10.9 Å². The van der Waals surface area contributed by atoms with Gasteiger partial charge in [-0.05, 0) is 39.7 Å². The summed E-state index contributed by atoms with van der Waals surface area (Å²) in [5, 5.41) is 28.4. The molecule has 3 aromatic rings. The fourth-order valence-electron chi connectivity index (χ4n) is 4.53. The fourth-order valence-corrected chi connectivity index (χ4v) is 4.53. The first kappa shape index (κ1) is 23.6. The quantitative estimate of drug-likeness (QED) is 0.499. The first-order chi connectivity index (χ1) is 16.5. The molecular weight excluding hydrogens is 458 g/mol. The van der Waals surface area contributed by atoms with Crippen LogP contribution in [0, 0.1) is 0 Å². The lowest BCUT2D eigenvalue weighted by molar-refractivity contribution is -0.0712. The Kier molecular flexibility index (Phi) is 5.75. The molecule has 5 rings (SSSR count). The van der Waals surface area contributed by atoms with E-state index in [9.17, 15) is 19.0 Å². The highest BCUT2D eigenvalue weighted by atomic mass is 19.3. The molecule has 0 aliphatic carbocycles. The standard InChI is InChI=1S/C23H30F2N8O2/c1-14(2)33-16-10-19(27-11-15(16)20(30-33)32-12-17(34)23(24,25)13-32)28-18-4-7-26-21(29-18)31-8-5-22(3,35)6-9-31/h4,7,10-11,14,17,34-35H,5-6,8-9,12-13H2,1-3H3,(H,26,27,28,29). The molecule has 10 nitrogen and oxygen atoms in total. The third-order valence-electron chi connectivity index (χ3n) is 6.67. The Bertz CT molecular complexity index is 1220. The van der Waals surface area contributed by atoms with Crippen molar-refractivity contribution < 1.29 is 19.0 Å². The Morgan fingerprint density at radius 2 is 1.89 bits per heavy atom. The molecule has 1 atom stereocenters. The van der Waals surface area contributed by atoms with E-state index < -0.39 is 24.2 Å². The van der Waals surface area contributed by atoms with E-state index in [1.807, 2.05) is 31.7 Å². The summed E-state index contributed by atoms with van der Waals surface area (Å²) in [7, 11) is 0. The summed E-state index contributed by atoms with van der Waals surface area (Å²) < 4.78 is 29.7. The number of rotatable bonds is 5. The third-order valence-corrected chi connectivity index (χ3v) is 6.67. The Balaban J connectivity index is 1.41. The number of fused-ring (bicyclic) bond motifs is 1. The first-order valence-electron chi connectivity index (χ1n) is 11.8. The molecule has 2 aliphatic rings. The van der Waals surface area contributed by atoms with Crippen LogP contribution < -0.4 is 15.1 Å². The van der Waals surface area contributed by atoms with Crippen LogP contribution in [-0.2, 0) is 0 Å². The lowest BCUT2D eigenvalue weighted by atomic mass is 9.94. The number of anilines is 4. The van der Waals surface area contributed by atoms with Crippen LogP contribution in [-0.4, -0.2) is 78.8 Å². The van der Waals surface area contributed by atoms with Gasteiger partial charge in [-0.15, -0.1) is 0 Å². The molecule has 188 valence electrons. The number of pyridine rings is 1. The van der Waals surface area contributed by atoms with Crippen molar-refractivity contribution in [2.24, 2.45) is 0 Å². The van der Waals surface area contributed by atoms with Gasteiger partial charge in [0, 0.05) is 37.6 Å². The van der Waals surface area contributed by atoms with Crippen molar-refractivity contribution in [3.05, 3.63) is 24.5 Å². The van der Waals surface area contributed by atoms with Crippen LogP contribution in [0.4, 0.5) is 32.2 Å². The summed E-state index contributed by atoms with van der Waals surface area (Å²) in [5.41, 5.74) is 0.0808. The summed E-state index contributed by atoms with van der Waals surface area (Å²) in [6, 6.07) is 3.54. The number of hydrogen-bond donors (Lipinski definition) is 3. The third kappa shape index (κ3) is 4.59. The van der Waals surface area contributed by atoms with Gasteiger partial charge < -0.3 is 25.3 Å². The zero-order valence-electron chi connectivity index (χ0n) is 20.0. The van der Waals surface area contributed by atoms with Gasteiger partial charge in [-0.2, -0.15) is 10.1 Å². The van der Waals surface area contributed by atoms with E-state index in [0.717, 1.165) is 5.52 Å². The highest BCUT2D eigenvalue weighted by molar-refractivity contribution is 5.92. The highest BCUT2D eigenvalue weighted by Crippen LogP contribution is 2.36. The second kappa shape index (κ2) is 8.52. The van der Waals surface area contributed by atoms with Crippen LogP contribution in [0.2, 0.25) is 0 Å². The molecule has 2 aliphatic heterocycles. The molecular formula is C23H30F2N8O2. The van der Waals surface area contributed by atoms with Gasteiger partial charge in [0.1, 0.15) is 17.7 Å². The molecule has 1 unspecified atom stereocenters. The fraction of sp³-hybridized carbons (Fsp3) is 0.565. The largest absolute Gasteiger partial charge is 0.390 e. The van der Waals surface area contributed by atoms with Crippen molar-refractivity contribution in [3.63, 3.8) is 0 Å². The number of hydrogen-bond acceptors (Lipinski definition) is 9. The molecule has 12 heteroatoms. The van der Waals surface area contributed by atoms with Gasteiger partial charge in [-0.1, -0.05) is 0 Å². The molecule has 2 saturated heterocycles. The molecule has 0 saturated carbocycles. The minimum atomic E-state index is -3.18. The minimum Gasteiger partial charge on any atom is -0.390 e. The predicted octanol–water partition coefficient (Wildman–Crippen LogP) is 2.71. The summed E-state index contributed by atoms with van der Waals surface area (Å²) in [6.07, 6.45) is 2.84. The van der Waals surface area contributed by atoms with Crippen LogP contribution in [0.15, 0.2) is 24.5 Å². The molecule has 5 heterocycles. The van der Waals surface area contributed by atoms with Crippen molar-refractivity contribution in [2.75, 3.05) is 41.3 Å². The topological polar surface area (TPSA) is 115 Å². The number of β-amino-alcohol motifs (C(OH)–C–C–N with tert-alkyl or cyclic N) is 1. The minimum absolute atomic E-state index is 0.0171. The SMILES string of the molecule is CC(C)n1nc(N2CC(O)C(F)(F)C2)c2cnc(Nc3ccnc(N4CCC(C)(O)CC4)n3)cc21. The average molecular weight is 489 g/mol. The van der Waals surface area contributed by atoms with E-state index in [-0.39, 0.29) is 12.6 Å². The maximum absolute atomic E-state index is 14.0. The predicted molar refractivity (Wildman–Crippen MR) is 128 cm³/mol. The number of piperidine rings is 1. The molecule has 0 spiro atoms. The number of halogens is 2. The summed E-state index contributed by atoms with van der Waals surface area (Å²) in [6.45, 7) is 6.33. The average Bonchev–Trinajstić information content (AvgIpc) is 3.30. The summed E-state index contributed by atoms with van der Waals surface area (Å²) in [4.78, 5) is 16.9. The lowest BCUT2D eigenvalue weighted by Gasteiger charge is -2.35. The zero-order valence-corrected chi connectivity index (χ0v) is 20.0. The molecule has 3 aromatic heterocycles. The summed E-state index contributed by atoms with van der Waals surface area (Å²) >= 11 is 0. The van der Waals surface area contributed by atoms with E-state index in [1.54, 1.807) is 23.1 Å². The Morgan fingerprint density at radius 3 is 2.54 bits per heavy atom.